The Bertz CT molecular complexity index is 916. The number of hydrogen-bond donors (Lipinski definition) is 3. The molecule has 0 aliphatic heterocycles. The van der Waals surface area contributed by atoms with Crippen LogP contribution in [0.25, 0.3) is 0 Å². The van der Waals surface area contributed by atoms with Gasteiger partial charge in [0.05, 0.1) is 0 Å². The minimum Gasteiger partial charge on any atom is -0.508 e. The summed E-state index contributed by atoms with van der Waals surface area (Å²) < 4.78 is 77.6. The van der Waals surface area contributed by atoms with Gasteiger partial charge >= 0.3 is 12.4 Å². The Morgan fingerprint density at radius 2 is 1.39 bits per heavy atom. The Morgan fingerprint density at radius 3 is 1.88 bits per heavy atom. The second-order valence-electron chi connectivity index (χ2n) is 7.34. The van der Waals surface area contributed by atoms with Gasteiger partial charge in [-0.2, -0.15) is 53.3 Å². The number of alkyl halides is 6. The van der Waals surface area contributed by atoms with Crippen molar-refractivity contribution in [3.63, 3.8) is 0 Å². The normalized spacial score (nSPS) is 18.5. The van der Waals surface area contributed by atoms with Crippen molar-refractivity contribution in [3.8, 4) is 5.75 Å². The molecule has 0 spiro atoms. The van der Waals surface area contributed by atoms with Crippen molar-refractivity contribution in [1.82, 2.24) is 10.3 Å². The molecule has 0 saturated heterocycles. The zero-order chi connectivity index (χ0) is 22.8. The molecule has 0 bridgehead atoms. The number of phenols is 1. The molecule has 13 heteroatoms. The molecule has 1 aliphatic carbocycles. The van der Waals surface area contributed by atoms with Gasteiger partial charge in [-0.25, -0.2) is 4.98 Å². The van der Waals surface area contributed by atoms with E-state index in [2.05, 4.69) is 15.6 Å². The topological polar surface area (TPSA) is 74.2 Å². The molecule has 5 nitrogen and oxygen atoms in total. The number of carbonyl (C=O) groups is 1. The lowest BCUT2D eigenvalue weighted by Crippen LogP contribution is -2.40. The van der Waals surface area contributed by atoms with E-state index < -0.39 is 23.7 Å². The van der Waals surface area contributed by atoms with E-state index in [1.54, 1.807) is 6.07 Å². The summed E-state index contributed by atoms with van der Waals surface area (Å²) in [6, 6.07) is 6.41. The van der Waals surface area contributed by atoms with Crippen molar-refractivity contribution in [3.05, 3.63) is 53.3 Å². The van der Waals surface area contributed by atoms with Gasteiger partial charge in [0.2, 0.25) is 0 Å². The number of anilines is 1. The summed E-state index contributed by atoms with van der Waals surface area (Å²) in [5.74, 6) is -0.416. The lowest BCUT2D eigenvalue weighted by molar-refractivity contribution is -0.150. The Balaban J connectivity index is 0.00000272. The number of phenolic OH excluding ortho intramolecular Hbond substituents is 1. The predicted octanol–water partition coefficient (Wildman–Crippen LogP) is 5.20. The molecular formula is C20H23F6N3O2S2. The second kappa shape index (κ2) is 11.2. The standard InChI is InChI=1S/C20H19F6N3O2.2H2S/c21-19(22,23)16-9-14(10-17(29-16)20(24,25)26)27-12-4-6-13(7-5-12)28-18(31)11-2-1-3-15(30)8-11;;/h1-3,8-10,12-13,30H,4-7H2,(H,27,29)(H,28,31);2*1H2. The molecule has 1 amide bonds. The van der Waals surface area contributed by atoms with Crippen molar-refractivity contribution in [1.29, 1.82) is 0 Å². The SMILES string of the molecule is O=C(NC1CCC(Nc2cc(C(F)(F)F)nc(C(F)(F)F)c2)CC1)c1cccc(O)c1.S.S. The summed E-state index contributed by atoms with van der Waals surface area (Å²) in [5.41, 5.74) is -3.24. The average Bonchev–Trinajstić information content (AvgIpc) is 2.68. The number of aromatic hydroxyl groups is 1. The Hall–Kier alpha value is -2.28. The first-order valence-electron chi connectivity index (χ1n) is 9.45. The Labute approximate surface area is 199 Å². The first-order chi connectivity index (χ1) is 14.4. The lowest BCUT2D eigenvalue weighted by Gasteiger charge is -2.30. The van der Waals surface area contributed by atoms with Gasteiger partial charge in [0.1, 0.15) is 17.1 Å². The quantitative estimate of drug-likeness (QED) is 0.490. The van der Waals surface area contributed by atoms with E-state index in [0.717, 1.165) is 0 Å². The predicted molar refractivity (Wildman–Crippen MR) is 120 cm³/mol. The van der Waals surface area contributed by atoms with Crippen LogP contribution in [-0.4, -0.2) is 28.1 Å². The second-order valence-corrected chi connectivity index (χ2v) is 7.34. The molecule has 1 heterocycles. The molecule has 33 heavy (non-hydrogen) atoms. The molecule has 3 N–H and O–H groups in total. The third-order valence-corrected chi connectivity index (χ3v) is 4.95. The van der Waals surface area contributed by atoms with Crippen molar-refractivity contribution < 1.29 is 36.2 Å². The zero-order valence-corrected chi connectivity index (χ0v) is 19.0. The van der Waals surface area contributed by atoms with Crippen LogP contribution >= 0.6 is 27.0 Å². The number of nitrogens with one attached hydrogen (secondary N) is 2. The number of carbonyl (C=O) groups excluding carboxylic acids is 1. The number of pyridine rings is 1. The van der Waals surface area contributed by atoms with Crippen LogP contribution in [0.2, 0.25) is 0 Å². The largest absolute Gasteiger partial charge is 0.508 e. The van der Waals surface area contributed by atoms with Crippen LogP contribution in [0.15, 0.2) is 36.4 Å². The summed E-state index contributed by atoms with van der Waals surface area (Å²) in [7, 11) is 0. The van der Waals surface area contributed by atoms with Gasteiger partial charge in [0.15, 0.2) is 0 Å². The lowest BCUT2D eigenvalue weighted by atomic mass is 9.90. The Morgan fingerprint density at radius 1 is 0.879 bits per heavy atom. The van der Waals surface area contributed by atoms with Gasteiger partial charge in [-0.3, -0.25) is 4.79 Å². The van der Waals surface area contributed by atoms with Crippen molar-refractivity contribution >= 4 is 38.6 Å². The summed E-state index contributed by atoms with van der Waals surface area (Å²) >= 11 is 0. The molecule has 1 fully saturated rings. The van der Waals surface area contributed by atoms with Crippen LogP contribution in [0, 0.1) is 0 Å². The molecule has 0 atom stereocenters. The van der Waals surface area contributed by atoms with Gasteiger partial charge < -0.3 is 15.7 Å². The molecule has 1 aliphatic rings. The Kier molecular flexibility index (Phi) is 9.79. The molecule has 1 aromatic carbocycles. The fourth-order valence-corrected chi connectivity index (χ4v) is 3.44. The van der Waals surface area contributed by atoms with Gasteiger partial charge in [-0.1, -0.05) is 6.07 Å². The monoisotopic (exact) mass is 515 g/mol. The molecule has 1 saturated carbocycles. The third kappa shape index (κ3) is 7.91. The van der Waals surface area contributed by atoms with E-state index in [-0.39, 0.29) is 62.0 Å². The van der Waals surface area contributed by atoms with Crippen LogP contribution in [0.3, 0.4) is 0 Å². The molecule has 1 aromatic heterocycles. The van der Waals surface area contributed by atoms with E-state index in [9.17, 15) is 36.2 Å². The first kappa shape index (κ1) is 28.8. The van der Waals surface area contributed by atoms with Crippen molar-refractivity contribution in [2.75, 3.05) is 5.32 Å². The van der Waals surface area contributed by atoms with Crippen molar-refractivity contribution in [2.45, 2.75) is 50.1 Å². The molecule has 2 aromatic rings. The van der Waals surface area contributed by atoms with Gasteiger partial charge in [-0.05, 0) is 56.0 Å². The van der Waals surface area contributed by atoms with Gasteiger partial charge in [0.25, 0.3) is 5.91 Å². The number of halogens is 6. The van der Waals surface area contributed by atoms with Crippen LogP contribution in [0.4, 0.5) is 32.0 Å². The zero-order valence-electron chi connectivity index (χ0n) is 17.0. The third-order valence-electron chi connectivity index (χ3n) is 4.95. The summed E-state index contributed by atoms with van der Waals surface area (Å²) in [6.07, 6.45) is -8.15. The highest BCUT2D eigenvalue weighted by Gasteiger charge is 2.39. The molecule has 0 unspecified atom stereocenters. The first-order valence-corrected chi connectivity index (χ1v) is 9.45. The number of benzene rings is 1. The van der Waals surface area contributed by atoms with Crippen molar-refractivity contribution in [2.24, 2.45) is 0 Å². The average molecular weight is 516 g/mol. The smallest absolute Gasteiger partial charge is 0.433 e. The fourth-order valence-electron chi connectivity index (χ4n) is 3.44. The summed E-state index contributed by atoms with van der Waals surface area (Å²) in [4.78, 5) is 14.9. The van der Waals surface area contributed by atoms with Crippen LogP contribution in [0.5, 0.6) is 5.75 Å². The highest BCUT2D eigenvalue weighted by molar-refractivity contribution is 7.59. The van der Waals surface area contributed by atoms with Crippen LogP contribution in [0.1, 0.15) is 47.4 Å². The highest BCUT2D eigenvalue weighted by atomic mass is 32.1. The molecule has 3 rings (SSSR count). The van der Waals surface area contributed by atoms with E-state index in [0.29, 0.717) is 37.8 Å². The van der Waals surface area contributed by atoms with E-state index in [1.165, 1.54) is 18.2 Å². The fraction of sp³-hybridized carbons (Fsp3) is 0.400. The number of hydrogen-bond acceptors (Lipinski definition) is 4. The minimum atomic E-state index is -5.01. The molecular weight excluding hydrogens is 492 g/mol. The van der Waals surface area contributed by atoms with Gasteiger partial charge in [-0.15, -0.1) is 0 Å². The van der Waals surface area contributed by atoms with Crippen LogP contribution in [-0.2, 0) is 12.4 Å². The summed E-state index contributed by atoms with van der Waals surface area (Å²) in [5, 5.41) is 15.0. The highest BCUT2D eigenvalue weighted by Crippen LogP contribution is 2.35. The number of amides is 1. The van der Waals surface area contributed by atoms with Gasteiger partial charge in [0, 0.05) is 23.3 Å². The maximum absolute atomic E-state index is 12.9. The number of nitrogens with zero attached hydrogens (tertiary/aromatic N) is 1. The van der Waals surface area contributed by atoms with E-state index in [4.69, 9.17) is 0 Å². The minimum absolute atomic E-state index is 0. The number of rotatable bonds is 4. The maximum Gasteiger partial charge on any atom is 0.433 e. The number of aromatic nitrogens is 1. The van der Waals surface area contributed by atoms with E-state index >= 15 is 0 Å². The van der Waals surface area contributed by atoms with E-state index in [1.807, 2.05) is 0 Å². The molecule has 184 valence electrons. The summed E-state index contributed by atoms with van der Waals surface area (Å²) in [6.45, 7) is 0. The maximum atomic E-state index is 12.9. The molecule has 0 radical (unpaired) electrons. The van der Waals surface area contributed by atoms with Crippen LogP contribution < -0.4 is 10.6 Å².